The fourth-order valence-corrected chi connectivity index (χ4v) is 10.3. The molecule has 0 bridgehead atoms. The highest BCUT2D eigenvalue weighted by atomic mass is 32.5. The number of benzene rings is 3. The number of hydrogen-bond acceptors (Lipinski definition) is 4. The summed E-state index contributed by atoms with van der Waals surface area (Å²) in [6, 6.07) is 30.7. The zero-order valence-corrected chi connectivity index (χ0v) is 17.5. The highest BCUT2D eigenvalue weighted by molar-refractivity contribution is 8.08. The second kappa shape index (κ2) is 8.40. The summed E-state index contributed by atoms with van der Waals surface area (Å²) in [6.45, 7) is -2.90. The van der Waals surface area contributed by atoms with Crippen molar-refractivity contribution < 1.29 is 13.3 Å². The van der Waals surface area contributed by atoms with Crippen molar-refractivity contribution in [1.82, 2.24) is 0 Å². The molecule has 6 heteroatoms. The third kappa shape index (κ3) is 3.74. The molecule has 0 saturated heterocycles. The Labute approximate surface area is 161 Å². The van der Waals surface area contributed by atoms with Crippen LogP contribution in [0.15, 0.2) is 91.0 Å². The lowest BCUT2D eigenvalue weighted by molar-refractivity contribution is 0.274. The summed E-state index contributed by atoms with van der Waals surface area (Å²) >= 11 is 5.63. The van der Waals surface area contributed by atoms with E-state index in [4.69, 9.17) is 25.1 Å². The maximum absolute atomic E-state index is 6.70. The monoisotopic (exact) mass is 400 g/mol. The second-order valence-electron chi connectivity index (χ2n) is 5.68. The van der Waals surface area contributed by atoms with E-state index in [1.54, 1.807) is 14.2 Å². The van der Waals surface area contributed by atoms with Crippen molar-refractivity contribution in [3.63, 3.8) is 0 Å². The van der Waals surface area contributed by atoms with Gasteiger partial charge in [-0.2, -0.15) is 0 Å². The van der Waals surface area contributed by atoms with Gasteiger partial charge in [-0.15, -0.1) is 0 Å². The van der Waals surface area contributed by atoms with Crippen LogP contribution >= 0.6 is 6.72 Å². The standard InChI is InChI=1S/C20H21O3PSSi/c1-21-24(25,22-2)23-26(18-12-6-3-7-13-18,19-14-8-4-9-15-19)20-16-10-5-11-17-20/h3-17H,1-2H3. The normalized spacial score (nSPS) is 12.1. The molecule has 0 aliphatic heterocycles. The topological polar surface area (TPSA) is 27.7 Å². The van der Waals surface area contributed by atoms with Crippen molar-refractivity contribution >= 4 is 42.4 Å². The zero-order valence-electron chi connectivity index (χ0n) is 14.7. The van der Waals surface area contributed by atoms with Crippen LogP contribution in [-0.2, 0) is 25.1 Å². The molecule has 0 N–H and O–H groups in total. The van der Waals surface area contributed by atoms with Crippen LogP contribution in [0.5, 0.6) is 0 Å². The Kier molecular flexibility index (Phi) is 6.19. The average molecular weight is 401 g/mol. The summed E-state index contributed by atoms with van der Waals surface area (Å²) in [7, 11) is 0.186. The largest absolute Gasteiger partial charge is 0.336 e. The fraction of sp³-hybridized carbons (Fsp3) is 0.100. The van der Waals surface area contributed by atoms with Crippen LogP contribution in [-0.4, -0.2) is 22.5 Å². The van der Waals surface area contributed by atoms with Crippen molar-refractivity contribution in [2.24, 2.45) is 0 Å². The predicted molar refractivity (Wildman–Crippen MR) is 113 cm³/mol. The van der Waals surface area contributed by atoms with E-state index < -0.39 is 15.0 Å². The van der Waals surface area contributed by atoms with Gasteiger partial charge in [-0.05, 0) is 27.4 Å². The molecule has 0 fully saturated rings. The Hall–Kier alpha value is -1.59. The highest BCUT2D eigenvalue weighted by Gasteiger charge is 2.46. The lowest BCUT2D eigenvalue weighted by Crippen LogP contribution is -2.68. The van der Waals surface area contributed by atoms with Gasteiger partial charge < -0.3 is 13.3 Å². The van der Waals surface area contributed by atoms with Gasteiger partial charge in [-0.1, -0.05) is 91.0 Å². The molecule has 0 unspecified atom stereocenters. The van der Waals surface area contributed by atoms with Crippen molar-refractivity contribution in [2.45, 2.75) is 0 Å². The van der Waals surface area contributed by atoms with Crippen LogP contribution in [0.1, 0.15) is 0 Å². The van der Waals surface area contributed by atoms with Crippen molar-refractivity contribution in [2.75, 3.05) is 14.2 Å². The smallest absolute Gasteiger partial charge is 0.317 e. The van der Waals surface area contributed by atoms with Crippen molar-refractivity contribution in [3.8, 4) is 0 Å². The van der Waals surface area contributed by atoms with Crippen molar-refractivity contribution in [3.05, 3.63) is 91.0 Å². The molecule has 0 heterocycles. The molecule has 0 atom stereocenters. The molecular formula is C20H21O3PSSi. The SMILES string of the molecule is COP(=S)(OC)O[Si](c1ccccc1)(c1ccccc1)c1ccccc1. The van der Waals surface area contributed by atoms with E-state index in [2.05, 4.69) is 36.4 Å². The summed E-state index contributed by atoms with van der Waals surface area (Å²) in [6.07, 6.45) is 0. The molecule has 3 rings (SSSR count). The number of hydrogen-bond donors (Lipinski definition) is 0. The second-order valence-corrected chi connectivity index (χ2v) is 12.5. The summed E-state index contributed by atoms with van der Waals surface area (Å²) < 4.78 is 17.7. The van der Waals surface area contributed by atoms with Gasteiger partial charge >= 0.3 is 6.72 Å². The Balaban J connectivity index is 2.33. The Bertz CT molecular complexity index is 771. The van der Waals surface area contributed by atoms with Gasteiger partial charge in [0, 0.05) is 14.2 Å². The van der Waals surface area contributed by atoms with Crippen LogP contribution in [0.4, 0.5) is 0 Å². The van der Waals surface area contributed by atoms with Crippen LogP contribution in [0.3, 0.4) is 0 Å². The van der Waals surface area contributed by atoms with E-state index in [1.165, 1.54) is 0 Å². The van der Waals surface area contributed by atoms with E-state index >= 15 is 0 Å². The van der Waals surface area contributed by atoms with Gasteiger partial charge in [0.25, 0.3) is 8.32 Å². The minimum Gasteiger partial charge on any atom is -0.336 e. The molecule has 0 spiro atoms. The van der Waals surface area contributed by atoms with Gasteiger partial charge in [0.05, 0.1) is 0 Å². The lowest BCUT2D eigenvalue weighted by Gasteiger charge is -2.36. The zero-order chi connectivity index (χ0) is 18.5. The van der Waals surface area contributed by atoms with Gasteiger partial charge in [0.2, 0.25) is 0 Å². The molecule has 0 saturated carbocycles. The van der Waals surface area contributed by atoms with E-state index in [9.17, 15) is 0 Å². The van der Waals surface area contributed by atoms with E-state index in [1.807, 2.05) is 54.6 Å². The molecule has 0 aliphatic rings. The van der Waals surface area contributed by atoms with Crippen LogP contribution in [0.2, 0.25) is 0 Å². The number of rotatable bonds is 7. The fourth-order valence-electron chi connectivity index (χ4n) is 2.99. The quantitative estimate of drug-likeness (QED) is 0.346. The molecule has 3 nitrogen and oxygen atoms in total. The molecule has 0 amide bonds. The molecule has 0 aliphatic carbocycles. The first kappa shape index (κ1) is 19.2. The van der Waals surface area contributed by atoms with Gasteiger partial charge in [-0.3, -0.25) is 0 Å². The van der Waals surface area contributed by atoms with Gasteiger partial charge in [0.15, 0.2) is 0 Å². The summed E-state index contributed by atoms with van der Waals surface area (Å²) in [4.78, 5) is 0. The third-order valence-corrected chi connectivity index (χ3v) is 12.1. The molecular weight excluding hydrogens is 379 g/mol. The van der Waals surface area contributed by atoms with E-state index in [-0.39, 0.29) is 0 Å². The molecule has 0 aromatic heterocycles. The molecule has 26 heavy (non-hydrogen) atoms. The third-order valence-electron chi connectivity index (χ3n) is 4.24. The minimum absolute atomic E-state index is 1.10. The predicted octanol–water partition coefficient (Wildman–Crippen LogP) is 3.19. The van der Waals surface area contributed by atoms with E-state index in [0.29, 0.717) is 0 Å². The van der Waals surface area contributed by atoms with Crippen LogP contribution in [0.25, 0.3) is 0 Å². The lowest BCUT2D eigenvalue weighted by atomic mass is 10.3. The molecule has 0 radical (unpaired) electrons. The minimum atomic E-state index is -2.91. The van der Waals surface area contributed by atoms with E-state index in [0.717, 1.165) is 15.6 Å². The summed E-state index contributed by atoms with van der Waals surface area (Å²) in [5.74, 6) is 0. The molecule has 3 aromatic carbocycles. The highest BCUT2D eigenvalue weighted by Crippen LogP contribution is 2.50. The first-order chi connectivity index (χ1) is 12.6. The Morgan fingerprint density at radius 2 is 0.923 bits per heavy atom. The van der Waals surface area contributed by atoms with Gasteiger partial charge in [0.1, 0.15) is 0 Å². The van der Waals surface area contributed by atoms with Crippen molar-refractivity contribution in [1.29, 1.82) is 0 Å². The maximum atomic E-state index is 6.70. The molecule has 134 valence electrons. The maximum Gasteiger partial charge on any atom is 0.317 e. The van der Waals surface area contributed by atoms with Crippen LogP contribution < -0.4 is 15.6 Å². The molecule has 3 aromatic rings. The first-order valence-corrected chi connectivity index (χ1v) is 12.7. The van der Waals surface area contributed by atoms with Crippen LogP contribution in [0, 0.1) is 0 Å². The van der Waals surface area contributed by atoms with Gasteiger partial charge in [-0.25, -0.2) is 0 Å². The summed E-state index contributed by atoms with van der Waals surface area (Å²) in [5.41, 5.74) is 0. The average Bonchev–Trinajstić information content (AvgIpc) is 2.74. The Morgan fingerprint density at radius 3 is 1.19 bits per heavy atom. The first-order valence-electron chi connectivity index (χ1n) is 8.23. The summed E-state index contributed by atoms with van der Waals surface area (Å²) in [5, 5.41) is 3.29. The Morgan fingerprint density at radius 1 is 0.615 bits per heavy atom.